The average molecular weight is 301 g/mol. The number of rotatable bonds is 3. The number of thiazole rings is 1. The van der Waals surface area contributed by atoms with E-state index in [4.69, 9.17) is 9.84 Å². The van der Waals surface area contributed by atoms with Gasteiger partial charge in [0.25, 0.3) is 0 Å². The Morgan fingerprint density at radius 1 is 1.29 bits per heavy atom. The van der Waals surface area contributed by atoms with Crippen LogP contribution in [0.3, 0.4) is 0 Å². The van der Waals surface area contributed by atoms with Crippen LogP contribution in [-0.4, -0.2) is 33.1 Å². The second kappa shape index (κ2) is 5.10. The first-order valence-electron chi connectivity index (χ1n) is 6.09. The van der Waals surface area contributed by atoms with Crippen molar-refractivity contribution in [1.82, 2.24) is 15.0 Å². The lowest BCUT2D eigenvalue weighted by atomic mass is 10.1. The molecular weight excluding hydrogens is 290 g/mol. The highest BCUT2D eigenvalue weighted by Crippen LogP contribution is 2.31. The molecule has 0 saturated heterocycles. The summed E-state index contributed by atoms with van der Waals surface area (Å²) in [7, 11) is 1.53. The Bertz CT molecular complexity index is 845. The van der Waals surface area contributed by atoms with Crippen molar-refractivity contribution in [2.45, 2.75) is 6.92 Å². The van der Waals surface area contributed by atoms with E-state index in [9.17, 15) is 4.79 Å². The maximum atomic E-state index is 11.0. The molecule has 21 heavy (non-hydrogen) atoms. The number of hydrogen-bond donors (Lipinski definition) is 1. The lowest BCUT2D eigenvalue weighted by molar-refractivity contribution is 0.0702. The number of benzene rings is 1. The Kier molecular flexibility index (Phi) is 3.26. The summed E-state index contributed by atoms with van der Waals surface area (Å²) in [6.45, 7) is 1.94. The molecule has 0 aliphatic heterocycles. The number of methoxy groups -OCH3 is 1. The fourth-order valence-corrected chi connectivity index (χ4v) is 2.78. The lowest BCUT2D eigenvalue weighted by Crippen LogP contribution is -1.93. The van der Waals surface area contributed by atoms with Gasteiger partial charge >= 0.3 is 5.97 Å². The predicted molar refractivity (Wildman–Crippen MR) is 78.9 cm³/mol. The summed E-state index contributed by atoms with van der Waals surface area (Å²) in [6.07, 6.45) is 2.89. The van der Waals surface area contributed by atoms with E-state index in [1.54, 1.807) is 0 Å². The second-order valence-electron chi connectivity index (χ2n) is 4.43. The molecule has 0 spiro atoms. The van der Waals surface area contributed by atoms with E-state index in [0.29, 0.717) is 21.9 Å². The number of hydrogen-bond acceptors (Lipinski definition) is 6. The summed E-state index contributed by atoms with van der Waals surface area (Å²) >= 11 is 1.12. The van der Waals surface area contributed by atoms with Crippen molar-refractivity contribution in [3.63, 3.8) is 0 Å². The van der Waals surface area contributed by atoms with E-state index < -0.39 is 5.97 Å². The molecule has 2 heterocycles. The van der Waals surface area contributed by atoms with Gasteiger partial charge < -0.3 is 9.84 Å². The largest absolute Gasteiger partial charge is 0.480 e. The minimum absolute atomic E-state index is 0.195. The molecule has 1 N–H and O–H groups in total. The normalized spacial score (nSPS) is 10.8. The van der Waals surface area contributed by atoms with Crippen LogP contribution in [0.2, 0.25) is 0 Å². The van der Waals surface area contributed by atoms with Crippen LogP contribution in [0.15, 0.2) is 24.5 Å². The van der Waals surface area contributed by atoms with E-state index in [1.165, 1.54) is 19.5 Å². The highest BCUT2D eigenvalue weighted by molar-refractivity contribution is 7.16. The number of aromatic nitrogens is 3. The number of carbonyl (C=O) groups is 1. The van der Waals surface area contributed by atoms with Crippen molar-refractivity contribution in [3.8, 4) is 16.5 Å². The third kappa shape index (κ3) is 2.43. The van der Waals surface area contributed by atoms with Crippen molar-refractivity contribution < 1.29 is 14.6 Å². The Morgan fingerprint density at radius 2 is 2.10 bits per heavy atom. The van der Waals surface area contributed by atoms with E-state index in [-0.39, 0.29) is 4.88 Å². The topological polar surface area (TPSA) is 85.2 Å². The van der Waals surface area contributed by atoms with Gasteiger partial charge in [-0.3, -0.25) is 0 Å². The average Bonchev–Trinajstić information content (AvgIpc) is 2.95. The molecular formula is C14H11N3O3S. The Hall–Kier alpha value is -2.54. The van der Waals surface area contributed by atoms with Gasteiger partial charge in [-0.25, -0.2) is 19.7 Å². The van der Waals surface area contributed by atoms with Gasteiger partial charge in [0.15, 0.2) is 0 Å². The monoisotopic (exact) mass is 301 g/mol. The first kappa shape index (κ1) is 13.4. The minimum atomic E-state index is -0.983. The van der Waals surface area contributed by atoms with Crippen molar-refractivity contribution in [1.29, 1.82) is 0 Å². The fourth-order valence-electron chi connectivity index (χ4n) is 2.01. The highest BCUT2D eigenvalue weighted by Gasteiger charge is 2.14. The molecule has 0 radical (unpaired) electrons. The van der Waals surface area contributed by atoms with Gasteiger partial charge in [-0.05, 0) is 24.6 Å². The zero-order valence-corrected chi connectivity index (χ0v) is 12.1. The molecule has 0 aliphatic carbocycles. The number of aromatic carboxylic acids is 1. The summed E-state index contributed by atoms with van der Waals surface area (Å²) in [5.74, 6) is -0.548. The zero-order chi connectivity index (χ0) is 15.0. The molecule has 0 saturated carbocycles. The van der Waals surface area contributed by atoms with E-state index in [1.807, 2.05) is 19.1 Å². The van der Waals surface area contributed by atoms with Gasteiger partial charge in [0.1, 0.15) is 9.88 Å². The van der Waals surface area contributed by atoms with Gasteiger partial charge in [-0.15, -0.1) is 11.3 Å². The maximum absolute atomic E-state index is 11.0. The van der Waals surface area contributed by atoms with E-state index >= 15 is 0 Å². The van der Waals surface area contributed by atoms with Crippen LogP contribution in [0, 0.1) is 6.92 Å². The number of carboxylic acids is 1. The lowest BCUT2D eigenvalue weighted by Gasteiger charge is -2.06. The van der Waals surface area contributed by atoms with Gasteiger partial charge in [0.2, 0.25) is 5.88 Å². The van der Waals surface area contributed by atoms with Crippen molar-refractivity contribution >= 4 is 28.3 Å². The van der Waals surface area contributed by atoms with Crippen molar-refractivity contribution in [2.24, 2.45) is 0 Å². The van der Waals surface area contributed by atoms with Crippen LogP contribution in [0.25, 0.3) is 21.6 Å². The summed E-state index contributed by atoms with van der Waals surface area (Å²) in [5, 5.41) is 9.62. The van der Waals surface area contributed by atoms with E-state index in [0.717, 1.165) is 22.5 Å². The van der Waals surface area contributed by atoms with Crippen LogP contribution in [0.5, 0.6) is 5.88 Å². The van der Waals surface area contributed by atoms with Gasteiger partial charge in [0, 0.05) is 5.56 Å². The fraction of sp³-hybridized carbons (Fsp3) is 0.143. The highest BCUT2D eigenvalue weighted by atomic mass is 32.1. The maximum Gasteiger partial charge on any atom is 0.347 e. The standard InChI is InChI=1S/C14H11N3O3S/c1-7-3-8(13-16-5-10(21-13)14(18)19)12-9(4-7)17-11(20-2)6-15-12/h3-6H,1-2H3,(H,18,19). The van der Waals surface area contributed by atoms with Crippen LogP contribution in [0.4, 0.5) is 0 Å². The zero-order valence-electron chi connectivity index (χ0n) is 11.3. The first-order valence-corrected chi connectivity index (χ1v) is 6.91. The van der Waals surface area contributed by atoms with Crippen LogP contribution in [-0.2, 0) is 0 Å². The molecule has 3 aromatic rings. The SMILES string of the molecule is COc1cnc2c(-c3ncc(C(=O)O)s3)cc(C)cc2n1. The summed E-state index contributed by atoms with van der Waals surface area (Å²) in [5.41, 5.74) is 3.13. The number of nitrogens with zero attached hydrogens (tertiary/aromatic N) is 3. The second-order valence-corrected chi connectivity index (χ2v) is 5.46. The third-order valence-corrected chi connectivity index (χ3v) is 3.94. The first-order chi connectivity index (χ1) is 10.1. The van der Waals surface area contributed by atoms with Gasteiger partial charge in [-0.2, -0.15) is 0 Å². The minimum Gasteiger partial charge on any atom is -0.480 e. The van der Waals surface area contributed by atoms with Crippen LogP contribution in [0.1, 0.15) is 15.2 Å². The Labute approximate surface area is 124 Å². The summed E-state index contributed by atoms with van der Waals surface area (Å²) in [4.78, 5) is 24.1. The van der Waals surface area contributed by atoms with Gasteiger partial charge in [-0.1, -0.05) is 0 Å². The molecule has 0 aliphatic rings. The Morgan fingerprint density at radius 3 is 2.76 bits per heavy atom. The van der Waals surface area contributed by atoms with E-state index in [2.05, 4.69) is 15.0 Å². The molecule has 7 heteroatoms. The summed E-state index contributed by atoms with van der Waals surface area (Å²) in [6, 6.07) is 3.83. The molecule has 6 nitrogen and oxygen atoms in total. The van der Waals surface area contributed by atoms with Crippen molar-refractivity contribution in [3.05, 3.63) is 35.0 Å². The molecule has 3 rings (SSSR count). The third-order valence-electron chi connectivity index (χ3n) is 2.92. The molecule has 0 bridgehead atoms. The summed E-state index contributed by atoms with van der Waals surface area (Å²) < 4.78 is 5.08. The molecule has 0 unspecified atom stereocenters. The number of aryl methyl sites for hydroxylation is 1. The van der Waals surface area contributed by atoms with Crippen LogP contribution < -0.4 is 4.74 Å². The smallest absolute Gasteiger partial charge is 0.347 e. The van der Waals surface area contributed by atoms with Crippen molar-refractivity contribution in [2.75, 3.05) is 7.11 Å². The number of carboxylic acid groups (broad SMARTS) is 1. The molecule has 2 aromatic heterocycles. The molecule has 0 atom stereocenters. The number of ether oxygens (including phenoxy) is 1. The molecule has 0 amide bonds. The Balaban J connectivity index is 2.23. The molecule has 0 fully saturated rings. The van der Waals surface area contributed by atoms with Gasteiger partial charge in [0.05, 0.1) is 30.5 Å². The molecule has 106 valence electrons. The number of fused-ring (bicyclic) bond motifs is 1. The quantitative estimate of drug-likeness (QED) is 0.800. The van der Waals surface area contributed by atoms with Crippen LogP contribution >= 0.6 is 11.3 Å². The predicted octanol–water partition coefficient (Wildman–Crippen LogP) is 2.77. The molecule has 1 aromatic carbocycles.